The van der Waals surface area contributed by atoms with Gasteiger partial charge >= 0.3 is 5.97 Å². The Bertz CT molecular complexity index is 913. The number of piperidine rings is 1. The molecule has 0 amide bonds. The van der Waals surface area contributed by atoms with Gasteiger partial charge in [0.1, 0.15) is 21.9 Å². The Balaban J connectivity index is 1.62. The van der Waals surface area contributed by atoms with E-state index in [4.69, 9.17) is 4.74 Å². The standard InChI is InChI=1S/C18H21N5O2S/c1-3-25-18(24)15-12(2)14-16(19-11-20-17(14)26-15)22-9-5-13(6-10-22)23-8-4-7-21-23/h4,7-8,11,13H,3,5-6,9-10H2,1-2H3. The maximum Gasteiger partial charge on any atom is 0.348 e. The molecular formula is C18H21N5O2S. The number of ether oxygens (including phenoxy) is 1. The smallest absolute Gasteiger partial charge is 0.348 e. The van der Waals surface area contributed by atoms with Crippen LogP contribution in [0.25, 0.3) is 10.2 Å². The number of nitrogens with zero attached hydrogens (tertiary/aromatic N) is 5. The van der Waals surface area contributed by atoms with Crippen LogP contribution in [0.1, 0.15) is 41.0 Å². The summed E-state index contributed by atoms with van der Waals surface area (Å²) in [5.41, 5.74) is 0.910. The lowest BCUT2D eigenvalue weighted by Gasteiger charge is -2.33. The number of thiophene rings is 1. The Morgan fingerprint density at radius 3 is 2.85 bits per heavy atom. The first-order valence-electron chi connectivity index (χ1n) is 8.84. The summed E-state index contributed by atoms with van der Waals surface area (Å²) < 4.78 is 7.22. The molecule has 3 aromatic heterocycles. The normalized spacial score (nSPS) is 15.5. The molecule has 0 radical (unpaired) electrons. The Hall–Kier alpha value is -2.48. The van der Waals surface area contributed by atoms with Crippen molar-refractivity contribution in [3.05, 3.63) is 35.2 Å². The van der Waals surface area contributed by atoms with E-state index < -0.39 is 0 Å². The van der Waals surface area contributed by atoms with Crippen LogP contribution in [0.2, 0.25) is 0 Å². The van der Waals surface area contributed by atoms with Crippen molar-refractivity contribution in [2.24, 2.45) is 0 Å². The summed E-state index contributed by atoms with van der Waals surface area (Å²) in [7, 11) is 0. The van der Waals surface area contributed by atoms with Gasteiger partial charge in [-0.1, -0.05) is 0 Å². The summed E-state index contributed by atoms with van der Waals surface area (Å²) in [6, 6.07) is 2.39. The first-order valence-corrected chi connectivity index (χ1v) is 9.66. The van der Waals surface area contributed by atoms with Gasteiger partial charge in [0.15, 0.2) is 0 Å². The quantitative estimate of drug-likeness (QED) is 0.656. The molecule has 0 aliphatic carbocycles. The minimum atomic E-state index is -0.281. The highest BCUT2D eigenvalue weighted by Gasteiger charge is 2.26. The molecule has 1 saturated heterocycles. The van der Waals surface area contributed by atoms with Crippen LogP contribution in [0.4, 0.5) is 5.82 Å². The zero-order valence-corrected chi connectivity index (χ0v) is 15.7. The third-order valence-electron chi connectivity index (χ3n) is 4.83. The van der Waals surface area contributed by atoms with Crippen LogP contribution >= 0.6 is 11.3 Å². The summed E-state index contributed by atoms with van der Waals surface area (Å²) in [5, 5.41) is 5.34. The van der Waals surface area contributed by atoms with E-state index in [1.807, 2.05) is 37.0 Å². The number of anilines is 1. The van der Waals surface area contributed by atoms with Gasteiger partial charge in [-0.2, -0.15) is 5.10 Å². The van der Waals surface area contributed by atoms with Crippen molar-refractivity contribution in [3.8, 4) is 0 Å². The fraction of sp³-hybridized carbons (Fsp3) is 0.444. The van der Waals surface area contributed by atoms with Crippen LogP contribution in [0, 0.1) is 6.92 Å². The van der Waals surface area contributed by atoms with Gasteiger partial charge in [0.2, 0.25) is 0 Å². The number of hydrogen-bond acceptors (Lipinski definition) is 7. The Morgan fingerprint density at radius 2 is 2.15 bits per heavy atom. The van der Waals surface area contributed by atoms with Gasteiger partial charge in [0, 0.05) is 25.5 Å². The molecule has 0 atom stereocenters. The molecule has 0 N–H and O–H groups in total. The monoisotopic (exact) mass is 371 g/mol. The SMILES string of the molecule is CCOC(=O)c1sc2ncnc(N3CCC(n4cccn4)CC3)c2c1C. The van der Waals surface area contributed by atoms with Crippen molar-refractivity contribution < 1.29 is 9.53 Å². The fourth-order valence-electron chi connectivity index (χ4n) is 3.52. The van der Waals surface area contributed by atoms with E-state index in [0.29, 0.717) is 17.5 Å². The molecule has 0 spiro atoms. The van der Waals surface area contributed by atoms with Gasteiger partial charge in [0.05, 0.1) is 18.0 Å². The van der Waals surface area contributed by atoms with Crippen LogP contribution in [0.5, 0.6) is 0 Å². The van der Waals surface area contributed by atoms with E-state index in [9.17, 15) is 4.79 Å². The lowest BCUT2D eigenvalue weighted by molar-refractivity contribution is 0.0531. The van der Waals surface area contributed by atoms with Crippen molar-refractivity contribution in [2.75, 3.05) is 24.6 Å². The molecule has 0 bridgehead atoms. The number of carbonyl (C=O) groups excluding carboxylic acids is 1. The molecule has 1 aliphatic heterocycles. The molecule has 136 valence electrons. The van der Waals surface area contributed by atoms with Crippen molar-refractivity contribution in [2.45, 2.75) is 32.7 Å². The zero-order valence-electron chi connectivity index (χ0n) is 14.9. The van der Waals surface area contributed by atoms with E-state index in [0.717, 1.165) is 47.5 Å². The lowest BCUT2D eigenvalue weighted by Crippen LogP contribution is -2.35. The van der Waals surface area contributed by atoms with E-state index in [2.05, 4.69) is 20.0 Å². The van der Waals surface area contributed by atoms with Gasteiger partial charge in [0.25, 0.3) is 0 Å². The topological polar surface area (TPSA) is 73.1 Å². The third kappa shape index (κ3) is 2.94. The highest BCUT2D eigenvalue weighted by molar-refractivity contribution is 7.20. The molecule has 1 fully saturated rings. The number of hydrogen-bond donors (Lipinski definition) is 0. The van der Waals surface area contributed by atoms with E-state index in [1.54, 1.807) is 6.33 Å². The molecule has 0 unspecified atom stereocenters. The van der Waals surface area contributed by atoms with Crippen LogP contribution in [-0.2, 0) is 4.74 Å². The average molecular weight is 371 g/mol. The number of fused-ring (bicyclic) bond motifs is 1. The van der Waals surface area contributed by atoms with Gasteiger partial charge in [-0.25, -0.2) is 14.8 Å². The predicted octanol–water partition coefficient (Wildman–Crippen LogP) is 3.21. The molecule has 0 aromatic carbocycles. The second-order valence-corrected chi connectivity index (χ2v) is 7.36. The predicted molar refractivity (Wildman–Crippen MR) is 101 cm³/mol. The number of rotatable bonds is 4. The summed E-state index contributed by atoms with van der Waals surface area (Å²) in [6.07, 6.45) is 7.47. The van der Waals surface area contributed by atoms with E-state index in [-0.39, 0.29) is 5.97 Å². The maximum atomic E-state index is 12.2. The second kappa shape index (κ2) is 7.03. The first-order chi connectivity index (χ1) is 12.7. The largest absolute Gasteiger partial charge is 0.462 e. The van der Waals surface area contributed by atoms with Crippen molar-refractivity contribution in [1.82, 2.24) is 19.7 Å². The van der Waals surface area contributed by atoms with Crippen LogP contribution in [-0.4, -0.2) is 45.4 Å². The molecule has 3 aromatic rings. The van der Waals surface area contributed by atoms with Crippen molar-refractivity contribution in [3.63, 3.8) is 0 Å². The second-order valence-electron chi connectivity index (χ2n) is 6.36. The summed E-state index contributed by atoms with van der Waals surface area (Å²) >= 11 is 1.38. The summed E-state index contributed by atoms with van der Waals surface area (Å²) in [5.74, 6) is 0.634. The minimum absolute atomic E-state index is 0.281. The molecule has 26 heavy (non-hydrogen) atoms. The van der Waals surface area contributed by atoms with Crippen LogP contribution in [0.15, 0.2) is 24.8 Å². The summed E-state index contributed by atoms with van der Waals surface area (Å²) in [6.45, 7) is 5.94. The highest BCUT2D eigenvalue weighted by atomic mass is 32.1. The van der Waals surface area contributed by atoms with Crippen LogP contribution < -0.4 is 4.90 Å². The molecule has 8 heteroatoms. The average Bonchev–Trinajstić information content (AvgIpc) is 3.31. The molecule has 7 nitrogen and oxygen atoms in total. The Morgan fingerprint density at radius 1 is 1.35 bits per heavy atom. The van der Waals surface area contributed by atoms with Gasteiger partial charge in [-0.15, -0.1) is 11.3 Å². The van der Waals surface area contributed by atoms with Gasteiger partial charge in [-0.05, 0) is 38.3 Å². The molecule has 1 aliphatic rings. The molecule has 4 rings (SSSR count). The number of aromatic nitrogens is 4. The fourth-order valence-corrected chi connectivity index (χ4v) is 4.56. The minimum Gasteiger partial charge on any atom is -0.462 e. The molecule has 4 heterocycles. The highest BCUT2D eigenvalue weighted by Crippen LogP contribution is 2.36. The van der Waals surface area contributed by atoms with Crippen LogP contribution in [0.3, 0.4) is 0 Å². The third-order valence-corrected chi connectivity index (χ3v) is 6.01. The first kappa shape index (κ1) is 17.0. The Labute approximate surface area is 155 Å². The number of carbonyl (C=O) groups is 1. The number of esters is 1. The van der Waals surface area contributed by atoms with Gasteiger partial charge < -0.3 is 9.64 Å². The zero-order chi connectivity index (χ0) is 18.1. The molecule has 0 saturated carbocycles. The molecular weight excluding hydrogens is 350 g/mol. The van der Waals surface area contributed by atoms with Gasteiger partial charge in [-0.3, -0.25) is 4.68 Å². The maximum absolute atomic E-state index is 12.2. The Kier molecular flexibility index (Phi) is 4.58. The number of aryl methyl sites for hydroxylation is 1. The van der Waals surface area contributed by atoms with Crippen molar-refractivity contribution in [1.29, 1.82) is 0 Å². The van der Waals surface area contributed by atoms with Crippen molar-refractivity contribution >= 4 is 33.3 Å². The summed E-state index contributed by atoms with van der Waals surface area (Å²) in [4.78, 5) is 24.9. The lowest BCUT2D eigenvalue weighted by atomic mass is 10.0. The van der Waals surface area contributed by atoms with E-state index >= 15 is 0 Å². The van der Waals surface area contributed by atoms with E-state index in [1.165, 1.54) is 11.3 Å².